The monoisotopic (exact) mass is 492 g/mol. The predicted octanol–water partition coefficient (Wildman–Crippen LogP) is 4.79. The van der Waals surface area contributed by atoms with Crippen molar-refractivity contribution in [3.8, 4) is 0 Å². The standard InChI is InChI=1S/C25H21ClN4O3S/c1-16(31)27-18-8-6-9-19(13-18)28-23(32)15-34-25-29-22-12-5-3-10-20(22)24(33)30(25)14-17-7-2-4-11-21(17)26/h2-13H,14-15H2,1H3,(H,27,31)(H,28,32). The fourth-order valence-corrected chi connectivity index (χ4v) is 4.39. The molecule has 0 aliphatic carbocycles. The molecule has 7 nitrogen and oxygen atoms in total. The Morgan fingerprint density at radius 1 is 0.971 bits per heavy atom. The molecule has 9 heteroatoms. The van der Waals surface area contributed by atoms with Gasteiger partial charge in [-0.15, -0.1) is 0 Å². The summed E-state index contributed by atoms with van der Waals surface area (Å²) in [6.07, 6.45) is 0. The third kappa shape index (κ3) is 5.65. The molecule has 0 aliphatic heterocycles. The van der Waals surface area contributed by atoms with Gasteiger partial charge in [0.1, 0.15) is 0 Å². The number of benzene rings is 3. The second kappa shape index (κ2) is 10.5. The Morgan fingerprint density at radius 2 is 1.68 bits per heavy atom. The van der Waals surface area contributed by atoms with Gasteiger partial charge in [0, 0.05) is 23.3 Å². The molecule has 0 saturated heterocycles. The van der Waals surface area contributed by atoms with Gasteiger partial charge in [-0.3, -0.25) is 19.0 Å². The lowest BCUT2D eigenvalue weighted by atomic mass is 10.2. The quantitative estimate of drug-likeness (QED) is 0.286. The number of halogens is 1. The van der Waals surface area contributed by atoms with Crippen molar-refractivity contribution in [2.24, 2.45) is 0 Å². The van der Waals surface area contributed by atoms with Crippen LogP contribution in [0.4, 0.5) is 11.4 Å². The van der Waals surface area contributed by atoms with Crippen molar-refractivity contribution in [3.63, 3.8) is 0 Å². The number of nitrogens with zero attached hydrogens (tertiary/aromatic N) is 2. The Bertz CT molecular complexity index is 1440. The maximum atomic E-state index is 13.3. The van der Waals surface area contributed by atoms with Crippen LogP contribution in [0.1, 0.15) is 12.5 Å². The van der Waals surface area contributed by atoms with E-state index in [4.69, 9.17) is 11.6 Å². The fourth-order valence-electron chi connectivity index (χ4n) is 3.40. The van der Waals surface area contributed by atoms with Crippen LogP contribution in [-0.4, -0.2) is 27.1 Å². The van der Waals surface area contributed by atoms with Crippen LogP contribution in [0.2, 0.25) is 5.02 Å². The summed E-state index contributed by atoms with van der Waals surface area (Å²) in [6, 6.07) is 21.3. The highest BCUT2D eigenvalue weighted by atomic mass is 35.5. The Balaban J connectivity index is 1.57. The minimum Gasteiger partial charge on any atom is -0.326 e. The van der Waals surface area contributed by atoms with Crippen LogP contribution in [0.25, 0.3) is 10.9 Å². The van der Waals surface area contributed by atoms with Gasteiger partial charge < -0.3 is 10.6 Å². The smallest absolute Gasteiger partial charge is 0.262 e. The van der Waals surface area contributed by atoms with Gasteiger partial charge >= 0.3 is 0 Å². The predicted molar refractivity (Wildman–Crippen MR) is 137 cm³/mol. The Kier molecular flexibility index (Phi) is 7.30. The van der Waals surface area contributed by atoms with Crippen molar-refractivity contribution in [1.29, 1.82) is 0 Å². The van der Waals surface area contributed by atoms with Crippen LogP contribution in [0.5, 0.6) is 0 Å². The Morgan fingerprint density at radius 3 is 2.44 bits per heavy atom. The molecular weight excluding hydrogens is 472 g/mol. The van der Waals surface area contributed by atoms with Crippen LogP contribution in [-0.2, 0) is 16.1 Å². The van der Waals surface area contributed by atoms with E-state index < -0.39 is 0 Å². The largest absolute Gasteiger partial charge is 0.326 e. The van der Waals surface area contributed by atoms with E-state index in [1.807, 2.05) is 24.3 Å². The van der Waals surface area contributed by atoms with Gasteiger partial charge in [-0.05, 0) is 42.0 Å². The molecule has 0 saturated carbocycles. The first-order valence-corrected chi connectivity index (χ1v) is 11.8. The van der Waals surface area contributed by atoms with Crippen molar-refractivity contribution in [1.82, 2.24) is 9.55 Å². The van der Waals surface area contributed by atoms with E-state index in [1.54, 1.807) is 53.1 Å². The van der Waals surface area contributed by atoms with Crippen molar-refractivity contribution >= 4 is 57.5 Å². The molecule has 1 heterocycles. The SMILES string of the molecule is CC(=O)Nc1cccc(NC(=O)CSc2nc3ccccc3c(=O)n2Cc2ccccc2Cl)c1. The normalized spacial score (nSPS) is 10.8. The summed E-state index contributed by atoms with van der Waals surface area (Å²) < 4.78 is 1.54. The third-order valence-corrected chi connectivity index (χ3v) is 6.26. The summed E-state index contributed by atoms with van der Waals surface area (Å²) in [6.45, 7) is 1.65. The number of carbonyl (C=O) groups excluding carboxylic acids is 2. The maximum absolute atomic E-state index is 13.3. The van der Waals surface area contributed by atoms with Crippen LogP contribution in [0.15, 0.2) is 82.7 Å². The molecule has 0 aliphatic rings. The highest BCUT2D eigenvalue weighted by molar-refractivity contribution is 7.99. The number of thioether (sulfide) groups is 1. The van der Waals surface area contributed by atoms with Crippen molar-refractivity contribution in [2.45, 2.75) is 18.6 Å². The number of carbonyl (C=O) groups is 2. The summed E-state index contributed by atoms with van der Waals surface area (Å²) >= 11 is 7.50. The van der Waals surface area contributed by atoms with E-state index in [1.165, 1.54) is 18.7 Å². The van der Waals surface area contributed by atoms with E-state index in [2.05, 4.69) is 15.6 Å². The Labute approximate surface area is 205 Å². The molecule has 4 rings (SSSR count). The topological polar surface area (TPSA) is 93.1 Å². The van der Waals surface area contributed by atoms with Gasteiger partial charge in [0.05, 0.1) is 23.2 Å². The van der Waals surface area contributed by atoms with E-state index in [-0.39, 0.29) is 29.7 Å². The molecule has 0 bridgehead atoms. The molecule has 0 spiro atoms. The van der Waals surface area contributed by atoms with Crippen molar-refractivity contribution < 1.29 is 9.59 Å². The van der Waals surface area contributed by atoms with E-state index >= 15 is 0 Å². The molecule has 2 amide bonds. The van der Waals surface area contributed by atoms with E-state index in [0.717, 1.165) is 5.56 Å². The number of aromatic nitrogens is 2. The highest BCUT2D eigenvalue weighted by Crippen LogP contribution is 2.22. The molecule has 0 atom stereocenters. The number of anilines is 2. The molecule has 34 heavy (non-hydrogen) atoms. The van der Waals surface area contributed by atoms with Crippen molar-refractivity contribution in [3.05, 3.63) is 93.7 Å². The summed E-state index contributed by atoms with van der Waals surface area (Å²) in [5.74, 6) is -0.424. The maximum Gasteiger partial charge on any atom is 0.262 e. The molecule has 172 valence electrons. The number of hydrogen-bond donors (Lipinski definition) is 2. The minimum atomic E-state index is -0.267. The molecule has 0 radical (unpaired) electrons. The minimum absolute atomic E-state index is 0.0394. The number of rotatable bonds is 7. The number of amides is 2. The summed E-state index contributed by atoms with van der Waals surface area (Å²) in [5, 5.41) is 6.96. The fraction of sp³-hybridized carbons (Fsp3) is 0.120. The van der Waals surface area contributed by atoms with Crippen molar-refractivity contribution in [2.75, 3.05) is 16.4 Å². The van der Waals surface area contributed by atoms with Gasteiger partial charge in [0.15, 0.2) is 5.16 Å². The van der Waals surface area contributed by atoms with Crippen LogP contribution < -0.4 is 16.2 Å². The molecule has 3 aromatic carbocycles. The van der Waals surface area contributed by atoms with E-state index in [9.17, 15) is 14.4 Å². The second-order valence-electron chi connectivity index (χ2n) is 7.49. The first-order chi connectivity index (χ1) is 16.4. The van der Waals surface area contributed by atoms with Gasteiger partial charge in [-0.2, -0.15) is 0 Å². The summed E-state index contributed by atoms with van der Waals surface area (Å²) in [4.78, 5) is 41.8. The molecule has 0 unspecified atom stereocenters. The lowest BCUT2D eigenvalue weighted by Gasteiger charge is -2.14. The third-order valence-electron chi connectivity index (χ3n) is 4.91. The van der Waals surface area contributed by atoms with Gasteiger partial charge in [0.2, 0.25) is 11.8 Å². The van der Waals surface area contributed by atoms with Gasteiger partial charge in [-0.1, -0.05) is 59.8 Å². The Hall–Kier alpha value is -3.62. The first-order valence-electron chi connectivity index (χ1n) is 10.4. The second-order valence-corrected chi connectivity index (χ2v) is 8.84. The van der Waals surface area contributed by atoms with Crippen LogP contribution in [0.3, 0.4) is 0 Å². The average molecular weight is 493 g/mol. The lowest BCUT2D eigenvalue weighted by molar-refractivity contribution is -0.114. The molecular formula is C25H21ClN4O3S. The van der Waals surface area contributed by atoms with Crippen LogP contribution >= 0.6 is 23.4 Å². The first kappa shape index (κ1) is 23.5. The zero-order chi connectivity index (χ0) is 24.1. The van der Waals surface area contributed by atoms with E-state index in [0.29, 0.717) is 32.5 Å². The number of hydrogen-bond acceptors (Lipinski definition) is 5. The lowest BCUT2D eigenvalue weighted by Crippen LogP contribution is -2.25. The van der Waals surface area contributed by atoms with Crippen LogP contribution in [0, 0.1) is 0 Å². The number of fused-ring (bicyclic) bond motifs is 1. The zero-order valence-electron chi connectivity index (χ0n) is 18.2. The van der Waals surface area contributed by atoms with Gasteiger partial charge in [0.25, 0.3) is 5.56 Å². The highest BCUT2D eigenvalue weighted by Gasteiger charge is 2.15. The number of nitrogens with one attached hydrogen (secondary N) is 2. The molecule has 0 fully saturated rings. The number of para-hydroxylation sites is 1. The average Bonchev–Trinajstić information content (AvgIpc) is 2.81. The molecule has 2 N–H and O–H groups in total. The molecule has 1 aromatic heterocycles. The zero-order valence-corrected chi connectivity index (χ0v) is 19.8. The summed E-state index contributed by atoms with van der Waals surface area (Å²) in [7, 11) is 0. The van der Waals surface area contributed by atoms with Gasteiger partial charge in [-0.25, -0.2) is 4.98 Å². The molecule has 4 aromatic rings. The summed E-state index contributed by atoms with van der Waals surface area (Å²) in [5.41, 5.74) is 2.29.